The van der Waals surface area contributed by atoms with E-state index in [9.17, 15) is 36.3 Å². The van der Waals surface area contributed by atoms with Crippen molar-refractivity contribution in [3.05, 3.63) is 24.3 Å². The highest BCUT2D eigenvalue weighted by atomic mass is 19.4. The summed E-state index contributed by atoms with van der Waals surface area (Å²) in [5.74, 6) is -7.34. The topological polar surface area (TPSA) is 99.1 Å². The summed E-state index contributed by atoms with van der Waals surface area (Å²) in [5, 5.41) is 9.13. The van der Waals surface area contributed by atoms with Gasteiger partial charge >= 0.3 is 30.0 Å². The van der Waals surface area contributed by atoms with E-state index in [0.717, 1.165) is 0 Å². The fourth-order valence-electron chi connectivity index (χ4n) is 2.12. The fourth-order valence-corrected chi connectivity index (χ4v) is 2.12. The zero-order valence-electron chi connectivity index (χ0n) is 21.3. The van der Waals surface area contributed by atoms with Crippen molar-refractivity contribution in [2.75, 3.05) is 0 Å². The summed E-state index contributed by atoms with van der Waals surface area (Å²) in [6.07, 6.45) is -8.59. The van der Waals surface area contributed by atoms with Crippen molar-refractivity contribution in [3.8, 4) is 0 Å². The number of alkyl halides is 5. The maximum Gasteiger partial charge on any atom is 0.417 e. The molecule has 0 heterocycles. The van der Waals surface area contributed by atoms with Gasteiger partial charge in [-0.2, -0.15) is 22.0 Å². The predicted molar refractivity (Wildman–Crippen MR) is 117 cm³/mol. The van der Waals surface area contributed by atoms with Crippen LogP contribution in [0.25, 0.3) is 0 Å². The zero-order valence-corrected chi connectivity index (χ0v) is 21.3. The van der Waals surface area contributed by atoms with Gasteiger partial charge in [0.1, 0.15) is 11.7 Å². The third-order valence-corrected chi connectivity index (χ3v) is 4.00. The van der Waals surface area contributed by atoms with Gasteiger partial charge in [0.05, 0.1) is 0 Å². The smallest absolute Gasteiger partial charge is 0.417 e. The summed E-state index contributed by atoms with van der Waals surface area (Å²) in [7, 11) is 0. The van der Waals surface area contributed by atoms with Crippen molar-refractivity contribution < 1.29 is 55.7 Å². The Balaban J connectivity index is 0. The van der Waals surface area contributed by atoms with E-state index in [4.69, 9.17) is 5.11 Å². The third-order valence-electron chi connectivity index (χ3n) is 4.00. The number of carbonyl (C=O) groups is 3. The molecular formula is C23H35F5O7. The van der Waals surface area contributed by atoms with Gasteiger partial charge in [0.15, 0.2) is 11.7 Å². The Morgan fingerprint density at radius 3 is 1.60 bits per heavy atom. The van der Waals surface area contributed by atoms with E-state index in [0.29, 0.717) is 6.92 Å². The Kier molecular flexibility index (Phi) is 12.9. The Morgan fingerprint density at radius 1 is 0.886 bits per heavy atom. The van der Waals surface area contributed by atoms with Crippen LogP contribution < -0.4 is 0 Å². The van der Waals surface area contributed by atoms with E-state index < -0.39 is 59.8 Å². The summed E-state index contributed by atoms with van der Waals surface area (Å²) < 4.78 is 78.4. The van der Waals surface area contributed by atoms with Gasteiger partial charge in [-0.1, -0.05) is 20.1 Å². The highest BCUT2D eigenvalue weighted by molar-refractivity contribution is 5.88. The fraction of sp³-hybridized carbons (Fsp3) is 0.696. The number of hydrogen-bond donors (Lipinski definition) is 1. The van der Waals surface area contributed by atoms with Gasteiger partial charge in [0, 0.05) is 17.6 Å². The van der Waals surface area contributed by atoms with Gasteiger partial charge in [0.25, 0.3) is 0 Å². The first kappa shape index (κ1) is 34.7. The van der Waals surface area contributed by atoms with Gasteiger partial charge in [-0.3, -0.25) is 0 Å². The first-order chi connectivity index (χ1) is 15.4. The number of carbonyl (C=O) groups excluding carboxylic acids is 3. The largest absolute Gasteiger partial charge is 0.459 e. The molecular weight excluding hydrogens is 483 g/mol. The monoisotopic (exact) mass is 518 g/mol. The molecule has 204 valence electrons. The lowest BCUT2D eigenvalue weighted by Gasteiger charge is -2.28. The van der Waals surface area contributed by atoms with Gasteiger partial charge < -0.3 is 19.3 Å². The summed E-state index contributed by atoms with van der Waals surface area (Å²) in [5.41, 5.74) is -3.84. The molecule has 12 heteroatoms. The molecule has 0 radical (unpaired) electrons. The van der Waals surface area contributed by atoms with Crippen LogP contribution in [-0.4, -0.2) is 58.5 Å². The Hall–Kier alpha value is -2.50. The van der Waals surface area contributed by atoms with Gasteiger partial charge in [0.2, 0.25) is 0 Å². The summed E-state index contributed by atoms with van der Waals surface area (Å²) in [4.78, 5) is 33.7. The van der Waals surface area contributed by atoms with Crippen molar-refractivity contribution >= 4 is 17.9 Å². The van der Waals surface area contributed by atoms with E-state index in [2.05, 4.69) is 27.4 Å². The van der Waals surface area contributed by atoms with E-state index in [1.165, 1.54) is 48.5 Å². The molecule has 0 aromatic heterocycles. The average molecular weight is 519 g/mol. The van der Waals surface area contributed by atoms with Crippen LogP contribution in [-0.2, 0) is 28.6 Å². The summed E-state index contributed by atoms with van der Waals surface area (Å²) in [6.45, 7) is 17.0. The second-order valence-electron chi connectivity index (χ2n) is 9.18. The lowest BCUT2D eigenvalue weighted by molar-refractivity contribution is -0.261. The number of aliphatic hydroxyl groups is 1. The van der Waals surface area contributed by atoms with Crippen LogP contribution in [0.1, 0.15) is 68.2 Å². The number of hydrogen-bond acceptors (Lipinski definition) is 7. The van der Waals surface area contributed by atoms with E-state index >= 15 is 0 Å². The molecule has 0 aliphatic rings. The van der Waals surface area contributed by atoms with Crippen LogP contribution in [0, 0.1) is 0 Å². The molecule has 0 aliphatic heterocycles. The maximum atomic E-state index is 13.9. The van der Waals surface area contributed by atoms with E-state index in [1.54, 1.807) is 0 Å². The molecule has 0 fully saturated rings. The van der Waals surface area contributed by atoms with Crippen molar-refractivity contribution in [2.24, 2.45) is 0 Å². The van der Waals surface area contributed by atoms with Crippen LogP contribution in [0.2, 0.25) is 0 Å². The third kappa shape index (κ3) is 12.7. The van der Waals surface area contributed by atoms with Crippen LogP contribution >= 0.6 is 0 Å². The van der Waals surface area contributed by atoms with Gasteiger partial charge in [-0.05, 0) is 54.9 Å². The average Bonchev–Trinajstić information content (AvgIpc) is 2.62. The minimum atomic E-state index is -4.75. The molecule has 3 unspecified atom stereocenters. The number of rotatable bonds is 9. The van der Waals surface area contributed by atoms with Crippen molar-refractivity contribution in [3.63, 3.8) is 0 Å². The molecule has 7 nitrogen and oxygen atoms in total. The van der Waals surface area contributed by atoms with Gasteiger partial charge in [-0.15, -0.1) is 0 Å². The highest BCUT2D eigenvalue weighted by Gasteiger charge is 2.52. The van der Waals surface area contributed by atoms with Crippen LogP contribution in [0.3, 0.4) is 0 Å². The molecule has 0 amide bonds. The lowest BCUT2D eigenvalue weighted by atomic mass is 9.98. The van der Waals surface area contributed by atoms with Crippen LogP contribution in [0.15, 0.2) is 24.3 Å². The second-order valence-corrected chi connectivity index (χ2v) is 9.18. The molecule has 0 saturated heterocycles. The predicted octanol–water partition coefficient (Wildman–Crippen LogP) is 5.06. The molecule has 0 saturated carbocycles. The van der Waals surface area contributed by atoms with Crippen molar-refractivity contribution in [1.29, 1.82) is 0 Å². The second kappa shape index (κ2) is 13.0. The molecule has 35 heavy (non-hydrogen) atoms. The lowest BCUT2D eigenvalue weighted by Crippen LogP contribution is -2.47. The normalized spacial score (nSPS) is 15.4. The quantitative estimate of drug-likeness (QED) is 0.197. The molecule has 1 N–H and O–H groups in total. The summed E-state index contributed by atoms with van der Waals surface area (Å²) in [6, 6.07) is 0. The standard InChI is InChI=1S/C13H20F2O4.C10H15F3O3/c1-7-9(18-10(16)8(2)3)13(14,15)11(17)19-12(4,5)6;1-6(2)8(14)16-7(3)5-9(4,15)10(11,12)13/h9H,2,7H2,1,3-6H3;7,15H,1,5H2,2-4H3. The van der Waals surface area contributed by atoms with E-state index in [-0.39, 0.29) is 17.6 Å². The van der Waals surface area contributed by atoms with Crippen molar-refractivity contribution in [1.82, 2.24) is 0 Å². The van der Waals surface area contributed by atoms with Crippen LogP contribution in [0.5, 0.6) is 0 Å². The number of esters is 3. The molecule has 3 atom stereocenters. The number of halogens is 5. The highest BCUT2D eigenvalue weighted by Crippen LogP contribution is 2.34. The summed E-state index contributed by atoms with van der Waals surface area (Å²) >= 11 is 0. The van der Waals surface area contributed by atoms with E-state index in [1.807, 2.05) is 0 Å². The SMILES string of the molecule is C=C(C)C(=O)OC(C)CC(C)(O)C(F)(F)F.C=C(C)C(=O)OC(CC)C(F)(F)C(=O)OC(C)(C)C. The first-order valence-corrected chi connectivity index (χ1v) is 10.5. The molecule has 0 aliphatic carbocycles. The zero-order chi connectivity index (χ0) is 28.6. The number of ether oxygens (including phenoxy) is 3. The molecule has 0 spiro atoms. The Morgan fingerprint density at radius 2 is 1.29 bits per heavy atom. The Bertz CT molecular complexity index is 780. The van der Waals surface area contributed by atoms with Crippen LogP contribution in [0.4, 0.5) is 22.0 Å². The minimum absolute atomic E-state index is 0.0153. The molecule has 0 rings (SSSR count). The molecule has 0 aromatic carbocycles. The Labute approximate surface area is 202 Å². The maximum absolute atomic E-state index is 13.9. The minimum Gasteiger partial charge on any atom is -0.459 e. The van der Waals surface area contributed by atoms with Crippen molar-refractivity contribution in [2.45, 2.75) is 104 Å². The molecule has 0 aromatic rings. The first-order valence-electron chi connectivity index (χ1n) is 10.5. The molecule has 0 bridgehead atoms. The van der Waals surface area contributed by atoms with Gasteiger partial charge in [-0.25, -0.2) is 14.4 Å².